The first-order chi connectivity index (χ1) is 8.41. The van der Waals surface area contributed by atoms with E-state index in [0.29, 0.717) is 18.8 Å². The Bertz CT molecular complexity index is 444. The fraction of sp³-hybridized carbons (Fsp3) is 0.583. The first kappa shape index (κ1) is 13.6. The predicted molar refractivity (Wildman–Crippen MR) is 70.4 cm³/mol. The summed E-state index contributed by atoms with van der Waals surface area (Å²) < 4.78 is 6.53. The number of hydrogen-bond donors (Lipinski definition) is 2. The van der Waals surface area contributed by atoms with Gasteiger partial charge in [-0.05, 0) is 35.8 Å². The lowest BCUT2D eigenvalue weighted by Gasteiger charge is -2.42. The van der Waals surface area contributed by atoms with Gasteiger partial charge in [0.05, 0.1) is 18.3 Å². The maximum absolute atomic E-state index is 12.3. The van der Waals surface area contributed by atoms with Crippen LogP contribution in [-0.2, 0) is 4.74 Å². The molecule has 6 heteroatoms. The number of nitrogens with one attached hydrogen (secondary N) is 1. The lowest BCUT2D eigenvalue weighted by molar-refractivity contribution is -0.139. The number of carbonyl (C=O) groups is 1. The summed E-state index contributed by atoms with van der Waals surface area (Å²) in [7, 11) is 0. The summed E-state index contributed by atoms with van der Waals surface area (Å²) in [5.74, 6) is -0.0736. The van der Waals surface area contributed by atoms with E-state index in [4.69, 9.17) is 4.74 Å². The second-order valence-electron chi connectivity index (χ2n) is 5.10. The molecule has 1 unspecified atom stereocenters. The Balaban J connectivity index is 2.14. The van der Waals surface area contributed by atoms with Gasteiger partial charge in [0.15, 0.2) is 0 Å². The quantitative estimate of drug-likeness (QED) is 0.866. The fourth-order valence-corrected chi connectivity index (χ4v) is 2.55. The van der Waals surface area contributed by atoms with E-state index in [0.717, 1.165) is 4.47 Å². The molecule has 100 valence electrons. The molecular formula is C12H17BrN2O3. The van der Waals surface area contributed by atoms with Gasteiger partial charge < -0.3 is 19.7 Å². The van der Waals surface area contributed by atoms with Crippen molar-refractivity contribution in [3.63, 3.8) is 0 Å². The Morgan fingerprint density at radius 2 is 2.44 bits per heavy atom. The van der Waals surface area contributed by atoms with Crippen LogP contribution in [0, 0.1) is 0 Å². The molecule has 2 heterocycles. The van der Waals surface area contributed by atoms with Gasteiger partial charge in [-0.25, -0.2) is 0 Å². The zero-order chi connectivity index (χ0) is 13.3. The van der Waals surface area contributed by atoms with Crippen molar-refractivity contribution in [1.29, 1.82) is 0 Å². The topological polar surface area (TPSA) is 65.6 Å². The van der Waals surface area contributed by atoms with E-state index in [1.807, 2.05) is 13.8 Å². The van der Waals surface area contributed by atoms with E-state index >= 15 is 0 Å². The monoisotopic (exact) mass is 316 g/mol. The number of halogens is 1. The van der Waals surface area contributed by atoms with Crippen molar-refractivity contribution < 1.29 is 14.6 Å². The molecule has 2 N–H and O–H groups in total. The molecule has 1 saturated heterocycles. The number of hydrogen-bond acceptors (Lipinski definition) is 3. The van der Waals surface area contributed by atoms with Crippen LogP contribution in [0.25, 0.3) is 0 Å². The summed E-state index contributed by atoms with van der Waals surface area (Å²) in [6.07, 6.45) is 1.40. The van der Waals surface area contributed by atoms with Gasteiger partial charge in [-0.2, -0.15) is 0 Å². The molecule has 1 atom stereocenters. The highest BCUT2D eigenvalue weighted by Gasteiger charge is 2.35. The highest BCUT2D eigenvalue weighted by molar-refractivity contribution is 9.10. The maximum atomic E-state index is 12.3. The summed E-state index contributed by atoms with van der Waals surface area (Å²) in [5.41, 5.74) is 0.0989. The molecule has 0 bridgehead atoms. The lowest BCUT2D eigenvalue weighted by Crippen LogP contribution is -2.55. The first-order valence-corrected chi connectivity index (χ1v) is 6.62. The third kappa shape index (κ3) is 2.93. The summed E-state index contributed by atoms with van der Waals surface area (Å²) in [4.78, 5) is 16.9. The zero-order valence-corrected chi connectivity index (χ0v) is 12.0. The Morgan fingerprint density at radius 1 is 1.72 bits per heavy atom. The Hall–Kier alpha value is -0.850. The number of amides is 1. The summed E-state index contributed by atoms with van der Waals surface area (Å²) >= 11 is 3.31. The van der Waals surface area contributed by atoms with Gasteiger partial charge in [0, 0.05) is 23.8 Å². The molecule has 0 radical (unpaired) electrons. The minimum Gasteiger partial charge on any atom is -0.394 e. The second-order valence-corrected chi connectivity index (χ2v) is 6.02. The van der Waals surface area contributed by atoms with Crippen molar-refractivity contribution in [3.8, 4) is 0 Å². The number of nitrogens with zero attached hydrogens (tertiary/aromatic N) is 1. The van der Waals surface area contributed by atoms with Gasteiger partial charge in [0.25, 0.3) is 5.91 Å². The number of aromatic amines is 1. The molecule has 1 aromatic heterocycles. The molecule has 18 heavy (non-hydrogen) atoms. The van der Waals surface area contributed by atoms with Crippen LogP contribution in [0.5, 0.6) is 0 Å². The van der Waals surface area contributed by atoms with Gasteiger partial charge in [-0.15, -0.1) is 0 Å². The average molecular weight is 317 g/mol. The SMILES string of the molecule is CC1(C)CN(C(=O)c2cc(Br)c[nH]2)CC(CO)O1. The van der Waals surface area contributed by atoms with Gasteiger partial charge in [-0.1, -0.05) is 0 Å². The van der Waals surface area contributed by atoms with Crippen LogP contribution in [0.15, 0.2) is 16.7 Å². The van der Waals surface area contributed by atoms with Crippen LogP contribution in [-0.4, -0.2) is 52.3 Å². The van der Waals surface area contributed by atoms with Crippen molar-refractivity contribution in [3.05, 3.63) is 22.4 Å². The van der Waals surface area contributed by atoms with Gasteiger partial charge in [0.2, 0.25) is 0 Å². The summed E-state index contributed by atoms with van der Waals surface area (Å²) in [6.45, 7) is 4.68. The van der Waals surface area contributed by atoms with Gasteiger partial charge in [0.1, 0.15) is 5.69 Å². The van der Waals surface area contributed by atoms with Crippen molar-refractivity contribution in [2.24, 2.45) is 0 Å². The minimum atomic E-state index is -0.439. The minimum absolute atomic E-state index is 0.0736. The van der Waals surface area contributed by atoms with Crippen molar-refractivity contribution >= 4 is 21.8 Å². The summed E-state index contributed by atoms with van der Waals surface area (Å²) in [5, 5.41) is 9.22. The van der Waals surface area contributed by atoms with E-state index in [1.165, 1.54) is 0 Å². The fourth-order valence-electron chi connectivity index (χ4n) is 2.21. The van der Waals surface area contributed by atoms with E-state index in [2.05, 4.69) is 20.9 Å². The van der Waals surface area contributed by atoms with E-state index in [-0.39, 0.29) is 18.6 Å². The number of carbonyl (C=O) groups excluding carboxylic acids is 1. The number of ether oxygens (including phenoxy) is 1. The van der Waals surface area contributed by atoms with Crippen LogP contribution < -0.4 is 0 Å². The number of H-pyrrole nitrogens is 1. The van der Waals surface area contributed by atoms with Crippen LogP contribution in [0.3, 0.4) is 0 Å². The number of aromatic nitrogens is 1. The number of aliphatic hydroxyl groups excluding tert-OH is 1. The molecule has 2 rings (SSSR count). The van der Waals surface area contributed by atoms with Crippen LogP contribution in [0.1, 0.15) is 24.3 Å². The summed E-state index contributed by atoms with van der Waals surface area (Å²) in [6, 6.07) is 1.75. The first-order valence-electron chi connectivity index (χ1n) is 5.83. The normalized spacial score (nSPS) is 23.1. The van der Waals surface area contributed by atoms with Crippen molar-refractivity contribution in [2.45, 2.75) is 25.6 Å². The maximum Gasteiger partial charge on any atom is 0.270 e. The largest absolute Gasteiger partial charge is 0.394 e. The molecular weight excluding hydrogens is 300 g/mol. The lowest BCUT2D eigenvalue weighted by atomic mass is 10.0. The van der Waals surface area contributed by atoms with Crippen LogP contribution in [0.4, 0.5) is 0 Å². The Labute approximate surface area is 114 Å². The second kappa shape index (κ2) is 5.03. The Morgan fingerprint density at radius 3 is 3.00 bits per heavy atom. The highest BCUT2D eigenvalue weighted by atomic mass is 79.9. The van der Waals surface area contributed by atoms with E-state index in [1.54, 1.807) is 17.2 Å². The average Bonchev–Trinajstić information content (AvgIpc) is 2.72. The molecule has 0 spiro atoms. The smallest absolute Gasteiger partial charge is 0.270 e. The molecule has 1 aromatic rings. The number of aliphatic hydroxyl groups is 1. The van der Waals surface area contributed by atoms with Crippen molar-refractivity contribution in [1.82, 2.24) is 9.88 Å². The van der Waals surface area contributed by atoms with Gasteiger partial charge >= 0.3 is 0 Å². The molecule has 1 fully saturated rings. The molecule has 1 amide bonds. The Kier molecular flexibility index (Phi) is 3.79. The molecule has 0 aromatic carbocycles. The predicted octanol–water partition coefficient (Wildman–Crippen LogP) is 1.39. The molecule has 1 aliphatic rings. The molecule has 0 saturated carbocycles. The van der Waals surface area contributed by atoms with Crippen LogP contribution in [0.2, 0.25) is 0 Å². The van der Waals surface area contributed by atoms with Crippen LogP contribution >= 0.6 is 15.9 Å². The van der Waals surface area contributed by atoms with Gasteiger partial charge in [-0.3, -0.25) is 4.79 Å². The third-order valence-corrected chi connectivity index (χ3v) is 3.31. The third-order valence-electron chi connectivity index (χ3n) is 2.85. The van der Waals surface area contributed by atoms with Crippen molar-refractivity contribution in [2.75, 3.05) is 19.7 Å². The zero-order valence-electron chi connectivity index (χ0n) is 10.4. The van der Waals surface area contributed by atoms with E-state index in [9.17, 15) is 9.90 Å². The van der Waals surface area contributed by atoms with E-state index < -0.39 is 5.60 Å². The molecule has 1 aliphatic heterocycles. The number of rotatable bonds is 2. The highest BCUT2D eigenvalue weighted by Crippen LogP contribution is 2.22. The molecule has 0 aliphatic carbocycles. The molecule has 5 nitrogen and oxygen atoms in total. The number of morpholine rings is 1. The standard InChI is InChI=1S/C12H17BrN2O3/c1-12(2)7-15(5-9(6-16)18-12)11(17)10-3-8(13)4-14-10/h3-4,9,14,16H,5-7H2,1-2H3.